The highest BCUT2D eigenvalue weighted by molar-refractivity contribution is 7.91. The van der Waals surface area contributed by atoms with E-state index in [1.54, 1.807) is 26.1 Å². The van der Waals surface area contributed by atoms with Crippen molar-refractivity contribution < 1.29 is 31.1 Å². The van der Waals surface area contributed by atoms with Crippen molar-refractivity contribution >= 4 is 27.1 Å². The Kier molecular flexibility index (Phi) is 7.31. The van der Waals surface area contributed by atoms with Gasteiger partial charge in [-0.05, 0) is 38.5 Å². The molecule has 3 aromatic heterocycles. The Hall–Kier alpha value is -3.66. The van der Waals surface area contributed by atoms with Crippen LogP contribution < -0.4 is 5.32 Å². The molecule has 0 amide bonds. The van der Waals surface area contributed by atoms with E-state index in [0.29, 0.717) is 17.8 Å². The summed E-state index contributed by atoms with van der Waals surface area (Å²) in [5.74, 6) is -1.30. The molecule has 0 atom stereocenters. The fraction of sp³-hybridized carbons (Fsp3) is 0.391. The number of sulfone groups is 1. The standard InChI is InChI=1S/C23H24F3N5O4S/c1-5-35-21(32)16-9-15(23(24,25)26)10-28-17(16)11-29-20-19(36(33,34)6-2)18-8-7-14(12-31(18)30-20)22(3,4)13-27/h7-10,12H,5-6,11H2,1-4H3,(H,29,30). The molecule has 0 bridgehead atoms. The van der Waals surface area contributed by atoms with E-state index in [2.05, 4.69) is 21.5 Å². The number of fused-ring (bicyclic) bond motifs is 1. The van der Waals surface area contributed by atoms with Crippen LogP contribution in [-0.4, -0.2) is 41.3 Å². The number of ether oxygens (including phenoxy) is 1. The normalized spacial score (nSPS) is 12.4. The highest BCUT2D eigenvalue weighted by atomic mass is 32.2. The van der Waals surface area contributed by atoms with Crippen molar-refractivity contribution in [2.75, 3.05) is 17.7 Å². The summed E-state index contributed by atoms with van der Waals surface area (Å²) in [5.41, 5.74) is -1.62. The minimum atomic E-state index is -4.72. The summed E-state index contributed by atoms with van der Waals surface area (Å²) in [4.78, 5) is 16.0. The molecule has 36 heavy (non-hydrogen) atoms. The van der Waals surface area contributed by atoms with Gasteiger partial charge in [0.1, 0.15) is 4.90 Å². The maximum Gasteiger partial charge on any atom is 0.417 e. The summed E-state index contributed by atoms with van der Waals surface area (Å²) in [6, 6.07) is 5.98. The third kappa shape index (κ3) is 5.28. The molecular weight excluding hydrogens is 499 g/mol. The van der Waals surface area contributed by atoms with Gasteiger partial charge in [0.05, 0.1) is 52.7 Å². The SMILES string of the molecule is CCOC(=O)c1cc(C(F)(F)F)cnc1CNc1nn2cc(C(C)(C)C#N)ccc2c1S(=O)(=O)CC. The third-order valence-electron chi connectivity index (χ3n) is 5.49. The van der Waals surface area contributed by atoms with E-state index in [0.717, 1.165) is 0 Å². The molecule has 1 N–H and O–H groups in total. The molecule has 0 unspecified atom stereocenters. The van der Waals surface area contributed by atoms with Crippen LogP contribution in [0, 0.1) is 11.3 Å². The number of hydrogen-bond acceptors (Lipinski definition) is 8. The molecule has 0 aliphatic rings. The summed E-state index contributed by atoms with van der Waals surface area (Å²) in [5, 5.41) is 16.5. The average molecular weight is 524 g/mol. The van der Waals surface area contributed by atoms with Crippen LogP contribution in [0.1, 0.15) is 54.9 Å². The fourth-order valence-corrected chi connectivity index (χ4v) is 4.55. The molecule has 3 heterocycles. The second-order valence-corrected chi connectivity index (χ2v) is 10.6. The molecule has 0 aromatic carbocycles. The molecule has 192 valence electrons. The number of anilines is 1. The number of nitrogens with one attached hydrogen (secondary N) is 1. The topological polar surface area (TPSA) is 126 Å². The number of nitrogens with zero attached hydrogens (tertiary/aromatic N) is 4. The van der Waals surface area contributed by atoms with Crippen LogP contribution in [0.4, 0.5) is 19.0 Å². The molecule has 3 rings (SSSR count). The van der Waals surface area contributed by atoms with Crippen LogP contribution in [0.2, 0.25) is 0 Å². The van der Waals surface area contributed by atoms with E-state index in [9.17, 15) is 31.6 Å². The predicted octanol–water partition coefficient (Wildman–Crippen LogP) is 4.13. The number of carbonyl (C=O) groups excluding carboxylic acids is 1. The van der Waals surface area contributed by atoms with Crippen LogP contribution in [0.25, 0.3) is 5.52 Å². The average Bonchev–Trinajstić information content (AvgIpc) is 3.20. The van der Waals surface area contributed by atoms with Crippen LogP contribution in [0.5, 0.6) is 0 Å². The predicted molar refractivity (Wildman–Crippen MR) is 124 cm³/mol. The van der Waals surface area contributed by atoms with Crippen molar-refractivity contribution in [2.45, 2.75) is 50.7 Å². The Bertz CT molecular complexity index is 1460. The van der Waals surface area contributed by atoms with Gasteiger partial charge in [-0.25, -0.2) is 17.7 Å². The highest BCUT2D eigenvalue weighted by Crippen LogP contribution is 2.32. The maximum absolute atomic E-state index is 13.2. The van der Waals surface area contributed by atoms with Gasteiger partial charge in [0.25, 0.3) is 0 Å². The molecule has 0 radical (unpaired) electrons. The number of hydrogen-bond donors (Lipinski definition) is 1. The second-order valence-electron chi connectivity index (χ2n) is 8.36. The lowest BCUT2D eigenvalue weighted by Crippen LogP contribution is -2.16. The van der Waals surface area contributed by atoms with Gasteiger partial charge in [0.15, 0.2) is 15.7 Å². The number of pyridine rings is 2. The zero-order valence-corrected chi connectivity index (χ0v) is 20.8. The Morgan fingerprint density at radius 1 is 1.22 bits per heavy atom. The van der Waals surface area contributed by atoms with Gasteiger partial charge in [-0.15, -0.1) is 5.10 Å². The van der Waals surface area contributed by atoms with E-state index >= 15 is 0 Å². The second kappa shape index (κ2) is 9.77. The Morgan fingerprint density at radius 2 is 1.92 bits per heavy atom. The van der Waals surface area contributed by atoms with E-state index in [1.807, 2.05) is 0 Å². The van der Waals surface area contributed by atoms with Gasteiger partial charge in [0, 0.05) is 12.4 Å². The van der Waals surface area contributed by atoms with Crippen molar-refractivity contribution in [1.29, 1.82) is 5.26 Å². The van der Waals surface area contributed by atoms with Crippen LogP contribution in [-0.2, 0) is 32.7 Å². The van der Waals surface area contributed by atoms with Gasteiger partial charge in [-0.2, -0.15) is 18.4 Å². The van der Waals surface area contributed by atoms with E-state index in [1.165, 1.54) is 24.4 Å². The molecule has 0 spiro atoms. The minimum absolute atomic E-state index is 0.0609. The smallest absolute Gasteiger partial charge is 0.417 e. The maximum atomic E-state index is 13.2. The number of carbonyl (C=O) groups is 1. The van der Waals surface area contributed by atoms with Gasteiger partial charge in [0.2, 0.25) is 0 Å². The van der Waals surface area contributed by atoms with Crippen LogP contribution in [0.15, 0.2) is 35.5 Å². The molecule has 0 saturated carbocycles. The Labute approximate surface area is 205 Å². The lowest BCUT2D eigenvalue weighted by atomic mass is 9.88. The molecule has 0 aliphatic heterocycles. The van der Waals surface area contributed by atoms with Gasteiger partial charge in [-0.3, -0.25) is 4.98 Å². The van der Waals surface area contributed by atoms with Gasteiger partial charge in [-0.1, -0.05) is 13.0 Å². The lowest BCUT2D eigenvalue weighted by molar-refractivity contribution is -0.137. The number of rotatable bonds is 8. The zero-order chi connectivity index (χ0) is 26.9. The van der Waals surface area contributed by atoms with Crippen LogP contribution in [0.3, 0.4) is 0 Å². The Balaban J connectivity index is 2.09. The highest BCUT2D eigenvalue weighted by Gasteiger charge is 2.33. The van der Waals surface area contributed by atoms with Gasteiger partial charge >= 0.3 is 12.1 Å². The third-order valence-corrected chi connectivity index (χ3v) is 7.28. The number of esters is 1. The quantitative estimate of drug-likeness (QED) is 0.437. The van der Waals surface area contributed by atoms with Crippen molar-refractivity contribution in [2.24, 2.45) is 0 Å². The molecule has 0 fully saturated rings. The zero-order valence-electron chi connectivity index (χ0n) is 20.0. The Morgan fingerprint density at radius 3 is 2.50 bits per heavy atom. The fourth-order valence-electron chi connectivity index (χ4n) is 3.37. The number of nitriles is 1. The minimum Gasteiger partial charge on any atom is -0.462 e. The summed E-state index contributed by atoms with van der Waals surface area (Å²) in [7, 11) is -3.80. The first kappa shape index (κ1) is 26.9. The van der Waals surface area contributed by atoms with E-state index in [4.69, 9.17) is 4.74 Å². The van der Waals surface area contributed by atoms with Gasteiger partial charge < -0.3 is 10.1 Å². The molecule has 9 nitrogen and oxygen atoms in total. The van der Waals surface area contributed by atoms with Crippen LogP contribution >= 0.6 is 0 Å². The van der Waals surface area contributed by atoms with Crippen molar-refractivity contribution in [3.63, 3.8) is 0 Å². The molecule has 3 aromatic rings. The number of halogens is 3. The largest absolute Gasteiger partial charge is 0.462 e. The first-order chi connectivity index (χ1) is 16.7. The summed E-state index contributed by atoms with van der Waals surface area (Å²) in [6.07, 6.45) is -2.60. The van der Waals surface area contributed by atoms with Crippen molar-refractivity contribution in [3.05, 3.63) is 53.0 Å². The first-order valence-corrected chi connectivity index (χ1v) is 12.5. The summed E-state index contributed by atoms with van der Waals surface area (Å²) < 4.78 is 71.5. The lowest BCUT2D eigenvalue weighted by Gasteiger charge is -2.15. The van der Waals surface area contributed by atoms with E-state index in [-0.39, 0.29) is 40.8 Å². The summed E-state index contributed by atoms with van der Waals surface area (Å²) >= 11 is 0. The molecular formula is C23H24F3N5O4S. The number of alkyl halides is 3. The van der Waals surface area contributed by atoms with Crippen molar-refractivity contribution in [3.8, 4) is 6.07 Å². The van der Waals surface area contributed by atoms with E-state index < -0.39 is 38.5 Å². The van der Waals surface area contributed by atoms with Crippen molar-refractivity contribution in [1.82, 2.24) is 14.6 Å². The first-order valence-electron chi connectivity index (χ1n) is 10.9. The monoisotopic (exact) mass is 523 g/mol. The molecule has 0 aliphatic carbocycles. The summed E-state index contributed by atoms with van der Waals surface area (Å²) in [6.45, 7) is 6.01. The number of aromatic nitrogens is 3. The molecule has 13 heteroatoms. The molecule has 0 saturated heterocycles.